The standard InChI is InChI=1S/C16H24ClNO3/c1-11(2)8-9-16(3,21)10-18-15(20)14(19)12-6-4-5-7-13(12)17/h4-7,11,14,19,21H,8-10H2,1-3H3,(H,18,20)/t14-,16?/m1/s1. The Morgan fingerprint density at radius 2 is 2.00 bits per heavy atom. The number of amides is 1. The summed E-state index contributed by atoms with van der Waals surface area (Å²) < 4.78 is 0. The minimum absolute atomic E-state index is 0.0973. The highest BCUT2D eigenvalue weighted by Crippen LogP contribution is 2.23. The van der Waals surface area contributed by atoms with Crippen LogP contribution in [0.15, 0.2) is 24.3 Å². The number of benzene rings is 1. The average Bonchev–Trinajstić information content (AvgIpc) is 2.42. The monoisotopic (exact) mass is 313 g/mol. The topological polar surface area (TPSA) is 69.6 Å². The Morgan fingerprint density at radius 1 is 1.38 bits per heavy atom. The maximum atomic E-state index is 11.9. The molecule has 0 fully saturated rings. The third-order valence-corrected chi connectivity index (χ3v) is 3.70. The van der Waals surface area contributed by atoms with Gasteiger partial charge in [0.25, 0.3) is 5.91 Å². The van der Waals surface area contributed by atoms with Crippen molar-refractivity contribution >= 4 is 17.5 Å². The third-order valence-electron chi connectivity index (χ3n) is 3.35. The summed E-state index contributed by atoms with van der Waals surface area (Å²) in [5.41, 5.74) is -0.626. The Balaban J connectivity index is 2.55. The lowest BCUT2D eigenvalue weighted by molar-refractivity contribution is -0.130. The Hall–Kier alpha value is -1.10. The van der Waals surface area contributed by atoms with Crippen molar-refractivity contribution in [2.75, 3.05) is 6.54 Å². The van der Waals surface area contributed by atoms with Gasteiger partial charge in [0, 0.05) is 17.1 Å². The molecule has 0 saturated heterocycles. The number of aliphatic hydroxyl groups excluding tert-OH is 1. The van der Waals surface area contributed by atoms with Gasteiger partial charge >= 0.3 is 0 Å². The Morgan fingerprint density at radius 3 is 2.57 bits per heavy atom. The molecular weight excluding hydrogens is 290 g/mol. The van der Waals surface area contributed by atoms with E-state index >= 15 is 0 Å². The van der Waals surface area contributed by atoms with Crippen molar-refractivity contribution in [3.63, 3.8) is 0 Å². The number of halogens is 1. The molecule has 0 aliphatic rings. The van der Waals surface area contributed by atoms with Crippen LogP contribution in [0.1, 0.15) is 45.3 Å². The predicted molar refractivity (Wildman–Crippen MR) is 84.1 cm³/mol. The Labute approximate surface area is 131 Å². The van der Waals surface area contributed by atoms with Gasteiger partial charge in [-0.1, -0.05) is 43.6 Å². The highest BCUT2D eigenvalue weighted by atomic mass is 35.5. The fraction of sp³-hybridized carbons (Fsp3) is 0.562. The second-order valence-corrected chi connectivity index (χ2v) is 6.48. The fourth-order valence-corrected chi connectivity index (χ4v) is 2.14. The normalized spacial score (nSPS) is 15.6. The molecular formula is C16H24ClNO3. The first-order chi connectivity index (χ1) is 9.73. The minimum atomic E-state index is -1.33. The number of carbonyl (C=O) groups is 1. The molecule has 0 aliphatic heterocycles. The molecule has 1 aromatic rings. The van der Waals surface area contributed by atoms with Crippen LogP contribution in [0.25, 0.3) is 0 Å². The van der Waals surface area contributed by atoms with Gasteiger partial charge < -0.3 is 15.5 Å². The van der Waals surface area contributed by atoms with Crippen molar-refractivity contribution < 1.29 is 15.0 Å². The summed E-state index contributed by atoms with van der Waals surface area (Å²) >= 11 is 5.95. The molecule has 0 bridgehead atoms. The van der Waals surface area contributed by atoms with Gasteiger partial charge in [-0.15, -0.1) is 0 Å². The van der Waals surface area contributed by atoms with Crippen LogP contribution in [-0.2, 0) is 4.79 Å². The summed E-state index contributed by atoms with van der Waals surface area (Å²) in [7, 11) is 0. The van der Waals surface area contributed by atoms with Crippen LogP contribution in [0, 0.1) is 5.92 Å². The smallest absolute Gasteiger partial charge is 0.253 e. The van der Waals surface area contributed by atoms with E-state index in [1.165, 1.54) is 0 Å². The summed E-state index contributed by atoms with van der Waals surface area (Å²) in [5.74, 6) is -0.0752. The molecule has 0 heterocycles. The molecule has 1 amide bonds. The summed E-state index contributed by atoms with van der Waals surface area (Å²) in [6.07, 6.45) is 0.128. The molecule has 1 rings (SSSR count). The van der Waals surface area contributed by atoms with Crippen LogP contribution < -0.4 is 5.32 Å². The van der Waals surface area contributed by atoms with Crippen LogP contribution in [0.3, 0.4) is 0 Å². The summed E-state index contributed by atoms with van der Waals surface area (Å²) in [5, 5.41) is 23.1. The maximum Gasteiger partial charge on any atom is 0.253 e. The van der Waals surface area contributed by atoms with Gasteiger partial charge in [0.1, 0.15) is 0 Å². The fourth-order valence-electron chi connectivity index (χ4n) is 1.90. The zero-order valence-corrected chi connectivity index (χ0v) is 13.5. The van der Waals surface area contributed by atoms with Crippen LogP contribution >= 0.6 is 11.6 Å². The van der Waals surface area contributed by atoms with E-state index in [1.54, 1.807) is 31.2 Å². The van der Waals surface area contributed by atoms with Crippen molar-refractivity contribution in [1.82, 2.24) is 5.32 Å². The van der Waals surface area contributed by atoms with Crippen molar-refractivity contribution in [2.45, 2.75) is 45.3 Å². The van der Waals surface area contributed by atoms with E-state index in [0.717, 1.165) is 6.42 Å². The predicted octanol–water partition coefficient (Wildman–Crippen LogP) is 2.68. The van der Waals surface area contributed by atoms with Crippen LogP contribution in [0.4, 0.5) is 0 Å². The van der Waals surface area contributed by atoms with Gasteiger partial charge in [-0.25, -0.2) is 0 Å². The molecule has 21 heavy (non-hydrogen) atoms. The van der Waals surface area contributed by atoms with Gasteiger partial charge in [-0.3, -0.25) is 4.79 Å². The van der Waals surface area contributed by atoms with Crippen molar-refractivity contribution in [1.29, 1.82) is 0 Å². The first kappa shape index (κ1) is 18.0. The first-order valence-electron chi connectivity index (χ1n) is 7.15. The molecule has 1 aromatic carbocycles. The molecule has 5 heteroatoms. The van der Waals surface area contributed by atoms with E-state index in [4.69, 9.17) is 11.6 Å². The maximum absolute atomic E-state index is 11.9. The average molecular weight is 314 g/mol. The zero-order chi connectivity index (χ0) is 16.0. The van der Waals surface area contributed by atoms with E-state index in [1.807, 2.05) is 0 Å². The Bertz CT molecular complexity index is 474. The SMILES string of the molecule is CC(C)CCC(C)(O)CNC(=O)[C@H](O)c1ccccc1Cl. The van der Waals surface area contributed by atoms with Crippen LogP contribution in [0.5, 0.6) is 0 Å². The van der Waals surface area contributed by atoms with Gasteiger partial charge in [0.15, 0.2) is 6.10 Å². The molecule has 1 unspecified atom stereocenters. The number of rotatable bonds is 7. The van der Waals surface area contributed by atoms with E-state index in [0.29, 0.717) is 22.9 Å². The Kier molecular flexibility index (Phi) is 6.65. The molecule has 0 aromatic heterocycles. The lowest BCUT2D eigenvalue weighted by Crippen LogP contribution is -2.42. The number of nitrogens with one attached hydrogen (secondary N) is 1. The largest absolute Gasteiger partial charge is 0.388 e. The highest BCUT2D eigenvalue weighted by Gasteiger charge is 2.25. The van der Waals surface area contributed by atoms with E-state index in [-0.39, 0.29) is 6.54 Å². The van der Waals surface area contributed by atoms with Crippen molar-refractivity contribution in [3.8, 4) is 0 Å². The second-order valence-electron chi connectivity index (χ2n) is 6.07. The van der Waals surface area contributed by atoms with Gasteiger partial charge in [-0.05, 0) is 31.7 Å². The zero-order valence-electron chi connectivity index (χ0n) is 12.8. The summed E-state index contributed by atoms with van der Waals surface area (Å²) in [6, 6.07) is 6.65. The van der Waals surface area contributed by atoms with Crippen molar-refractivity contribution in [2.24, 2.45) is 5.92 Å². The number of hydrogen-bond acceptors (Lipinski definition) is 3. The quantitative estimate of drug-likeness (QED) is 0.725. The van der Waals surface area contributed by atoms with Crippen molar-refractivity contribution in [3.05, 3.63) is 34.9 Å². The van der Waals surface area contributed by atoms with Gasteiger partial charge in [0.2, 0.25) is 0 Å². The summed E-state index contributed by atoms with van der Waals surface area (Å²) in [4.78, 5) is 11.9. The lowest BCUT2D eigenvalue weighted by Gasteiger charge is -2.25. The molecule has 3 N–H and O–H groups in total. The van der Waals surface area contributed by atoms with Gasteiger partial charge in [-0.2, -0.15) is 0 Å². The van der Waals surface area contributed by atoms with Crippen LogP contribution in [-0.4, -0.2) is 28.3 Å². The van der Waals surface area contributed by atoms with Crippen LogP contribution in [0.2, 0.25) is 5.02 Å². The van der Waals surface area contributed by atoms with E-state index < -0.39 is 17.6 Å². The number of hydrogen-bond donors (Lipinski definition) is 3. The number of carbonyl (C=O) groups excluding carboxylic acids is 1. The number of aliphatic hydroxyl groups is 2. The highest BCUT2D eigenvalue weighted by molar-refractivity contribution is 6.31. The molecule has 0 aliphatic carbocycles. The first-order valence-corrected chi connectivity index (χ1v) is 7.53. The molecule has 0 spiro atoms. The second kappa shape index (κ2) is 7.78. The molecule has 118 valence electrons. The lowest BCUT2D eigenvalue weighted by atomic mass is 9.95. The summed E-state index contributed by atoms with van der Waals surface area (Å²) in [6.45, 7) is 5.93. The molecule has 0 radical (unpaired) electrons. The third kappa shape index (κ3) is 6.04. The van der Waals surface area contributed by atoms with Gasteiger partial charge in [0.05, 0.1) is 5.60 Å². The minimum Gasteiger partial charge on any atom is -0.388 e. The molecule has 4 nitrogen and oxygen atoms in total. The molecule has 2 atom stereocenters. The molecule has 0 saturated carbocycles. The van der Waals surface area contributed by atoms with E-state index in [9.17, 15) is 15.0 Å². The van der Waals surface area contributed by atoms with E-state index in [2.05, 4.69) is 19.2 Å².